The van der Waals surface area contributed by atoms with E-state index in [-0.39, 0.29) is 11.9 Å². The SMILES string of the molecule is CCNc1ccc(C(=O)NC(C)c2nccs2)cc1C. The molecule has 1 atom stereocenters. The highest BCUT2D eigenvalue weighted by Crippen LogP contribution is 2.18. The van der Waals surface area contributed by atoms with Crippen LogP contribution in [0.25, 0.3) is 0 Å². The molecule has 4 nitrogen and oxygen atoms in total. The Labute approximate surface area is 123 Å². The van der Waals surface area contributed by atoms with E-state index in [2.05, 4.69) is 22.5 Å². The molecule has 20 heavy (non-hydrogen) atoms. The van der Waals surface area contributed by atoms with E-state index in [1.54, 1.807) is 17.5 Å². The third-order valence-corrected chi connectivity index (χ3v) is 3.98. The van der Waals surface area contributed by atoms with Gasteiger partial charge in [-0.3, -0.25) is 4.79 Å². The summed E-state index contributed by atoms with van der Waals surface area (Å²) in [5.41, 5.74) is 2.81. The zero-order valence-electron chi connectivity index (χ0n) is 11.9. The Morgan fingerprint density at radius 3 is 2.85 bits per heavy atom. The normalized spacial score (nSPS) is 11.9. The number of nitrogens with one attached hydrogen (secondary N) is 2. The molecule has 1 unspecified atom stereocenters. The second kappa shape index (κ2) is 6.52. The van der Waals surface area contributed by atoms with E-state index in [9.17, 15) is 4.79 Å². The van der Waals surface area contributed by atoms with Crippen LogP contribution in [0, 0.1) is 6.92 Å². The van der Waals surface area contributed by atoms with E-state index in [1.165, 1.54) is 0 Å². The van der Waals surface area contributed by atoms with Gasteiger partial charge < -0.3 is 10.6 Å². The summed E-state index contributed by atoms with van der Waals surface area (Å²) in [6.07, 6.45) is 1.75. The number of benzene rings is 1. The summed E-state index contributed by atoms with van der Waals surface area (Å²) in [7, 11) is 0. The Morgan fingerprint density at radius 2 is 2.25 bits per heavy atom. The van der Waals surface area contributed by atoms with Gasteiger partial charge >= 0.3 is 0 Å². The van der Waals surface area contributed by atoms with Crippen molar-refractivity contribution >= 4 is 22.9 Å². The summed E-state index contributed by atoms with van der Waals surface area (Å²) in [6.45, 7) is 6.86. The van der Waals surface area contributed by atoms with Gasteiger partial charge in [-0.25, -0.2) is 4.98 Å². The molecule has 0 aliphatic carbocycles. The predicted octanol–water partition coefficient (Wildman–Crippen LogP) is 3.37. The third-order valence-electron chi connectivity index (χ3n) is 3.03. The quantitative estimate of drug-likeness (QED) is 0.887. The summed E-state index contributed by atoms with van der Waals surface area (Å²) in [6, 6.07) is 5.62. The van der Waals surface area contributed by atoms with Gasteiger partial charge in [0, 0.05) is 29.4 Å². The Hall–Kier alpha value is -1.88. The van der Waals surface area contributed by atoms with Crippen molar-refractivity contribution in [2.24, 2.45) is 0 Å². The molecule has 0 aliphatic heterocycles. The predicted molar refractivity (Wildman–Crippen MR) is 83.3 cm³/mol. The lowest BCUT2D eigenvalue weighted by Gasteiger charge is -2.13. The second-order valence-corrected chi connectivity index (χ2v) is 5.55. The zero-order chi connectivity index (χ0) is 14.5. The van der Waals surface area contributed by atoms with E-state index >= 15 is 0 Å². The monoisotopic (exact) mass is 289 g/mol. The van der Waals surface area contributed by atoms with Crippen molar-refractivity contribution in [2.75, 3.05) is 11.9 Å². The number of thiazole rings is 1. The van der Waals surface area contributed by atoms with Crippen LogP contribution in [-0.4, -0.2) is 17.4 Å². The number of anilines is 1. The number of aromatic nitrogens is 1. The number of amides is 1. The van der Waals surface area contributed by atoms with E-state index in [1.807, 2.05) is 37.4 Å². The van der Waals surface area contributed by atoms with Crippen molar-refractivity contribution in [2.45, 2.75) is 26.8 Å². The summed E-state index contributed by atoms with van der Waals surface area (Å²) in [4.78, 5) is 16.4. The highest BCUT2D eigenvalue weighted by molar-refractivity contribution is 7.09. The van der Waals surface area contributed by atoms with Crippen LogP contribution in [0.3, 0.4) is 0 Å². The molecule has 0 fully saturated rings. The molecule has 0 saturated heterocycles. The molecule has 5 heteroatoms. The van der Waals surface area contributed by atoms with Crippen molar-refractivity contribution in [1.82, 2.24) is 10.3 Å². The number of carbonyl (C=O) groups excluding carboxylic acids is 1. The van der Waals surface area contributed by atoms with Gasteiger partial charge in [-0.05, 0) is 44.5 Å². The maximum absolute atomic E-state index is 12.2. The summed E-state index contributed by atoms with van der Waals surface area (Å²) in [5.74, 6) is -0.0705. The van der Waals surface area contributed by atoms with Gasteiger partial charge in [0.25, 0.3) is 5.91 Å². The molecule has 0 bridgehead atoms. The number of hydrogen-bond acceptors (Lipinski definition) is 4. The molecule has 106 valence electrons. The average Bonchev–Trinajstić information content (AvgIpc) is 2.95. The molecule has 1 heterocycles. The summed E-state index contributed by atoms with van der Waals surface area (Å²) < 4.78 is 0. The first-order valence-corrected chi connectivity index (χ1v) is 7.54. The molecule has 1 aromatic carbocycles. The van der Waals surface area contributed by atoms with Crippen molar-refractivity contribution in [3.8, 4) is 0 Å². The second-order valence-electron chi connectivity index (χ2n) is 4.63. The number of nitrogens with zero attached hydrogens (tertiary/aromatic N) is 1. The zero-order valence-corrected chi connectivity index (χ0v) is 12.8. The molecule has 0 aliphatic rings. The summed E-state index contributed by atoms with van der Waals surface area (Å²) in [5, 5.41) is 9.06. The average molecular weight is 289 g/mol. The standard InChI is InChI=1S/C15H19N3OS/c1-4-16-13-6-5-12(9-10(13)2)14(19)18-11(3)15-17-7-8-20-15/h5-9,11,16H,4H2,1-3H3,(H,18,19). The van der Waals surface area contributed by atoms with Crippen LogP contribution in [0.1, 0.15) is 40.8 Å². The van der Waals surface area contributed by atoms with Crippen LogP contribution in [0.4, 0.5) is 5.69 Å². The van der Waals surface area contributed by atoms with Crippen LogP contribution in [0.5, 0.6) is 0 Å². The molecule has 2 aromatic rings. The topological polar surface area (TPSA) is 54.0 Å². The van der Waals surface area contributed by atoms with Gasteiger partial charge in [-0.2, -0.15) is 0 Å². The minimum atomic E-state index is -0.0729. The molecule has 0 spiro atoms. The van der Waals surface area contributed by atoms with Crippen molar-refractivity contribution in [3.63, 3.8) is 0 Å². The minimum Gasteiger partial charge on any atom is -0.385 e. The van der Waals surface area contributed by atoms with Gasteiger partial charge in [-0.15, -0.1) is 11.3 Å². The number of hydrogen-bond donors (Lipinski definition) is 2. The van der Waals surface area contributed by atoms with Crippen molar-refractivity contribution in [3.05, 3.63) is 45.9 Å². The van der Waals surface area contributed by atoms with Crippen LogP contribution in [0.2, 0.25) is 0 Å². The molecule has 0 radical (unpaired) electrons. The fourth-order valence-electron chi connectivity index (χ4n) is 1.98. The van der Waals surface area contributed by atoms with E-state index in [0.29, 0.717) is 5.56 Å². The lowest BCUT2D eigenvalue weighted by molar-refractivity contribution is 0.0940. The number of aryl methyl sites for hydroxylation is 1. The molecular weight excluding hydrogens is 270 g/mol. The van der Waals surface area contributed by atoms with Gasteiger partial charge in [-0.1, -0.05) is 0 Å². The highest BCUT2D eigenvalue weighted by atomic mass is 32.1. The van der Waals surface area contributed by atoms with Gasteiger partial charge in [0.2, 0.25) is 0 Å². The van der Waals surface area contributed by atoms with Crippen molar-refractivity contribution < 1.29 is 4.79 Å². The maximum atomic E-state index is 12.2. The first-order valence-electron chi connectivity index (χ1n) is 6.66. The lowest BCUT2D eigenvalue weighted by atomic mass is 10.1. The van der Waals surface area contributed by atoms with E-state index in [0.717, 1.165) is 22.8 Å². The number of rotatable bonds is 5. The Balaban J connectivity index is 2.07. The minimum absolute atomic E-state index is 0.0705. The maximum Gasteiger partial charge on any atom is 0.251 e. The molecular formula is C15H19N3OS. The Morgan fingerprint density at radius 1 is 1.45 bits per heavy atom. The first-order chi connectivity index (χ1) is 9.61. The highest BCUT2D eigenvalue weighted by Gasteiger charge is 2.13. The Kier molecular flexibility index (Phi) is 4.74. The van der Waals surface area contributed by atoms with Crippen molar-refractivity contribution in [1.29, 1.82) is 0 Å². The molecule has 1 amide bonds. The van der Waals surface area contributed by atoms with Crippen LogP contribution < -0.4 is 10.6 Å². The van der Waals surface area contributed by atoms with Crippen LogP contribution >= 0.6 is 11.3 Å². The lowest BCUT2D eigenvalue weighted by Crippen LogP contribution is -2.26. The fraction of sp³-hybridized carbons (Fsp3) is 0.333. The summed E-state index contributed by atoms with van der Waals surface area (Å²) >= 11 is 1.54. The van der Waals surface area contributed by atoms with E-state index < -0.39 is 0 Å². The van der Waals surface area contributed by atoms with Crippen LogP contribution in [0.15, 0.2) is 29.8 Å². The first kappa shape index (κ1) is 14.5. The largest absolute Gasteiger partial charge is 0.385 e. The molecule has 2 N–H and O–H groups in total. The molecule has 2 rings (SSSR count). The molecule has 1 aromatic heterocycles. The van der Waals surface area contributed by atoms with Gasteiger partial charge in [0.05, 0.1) is 6.04 Å². The van der Waals surface area contributed by atoms with Gasteiger partial charge in [0.1, 0.15) is 5.01 Å². The smallest absolute Gasteiger partial charge is 0.251 e. The third kappa shape index (κ3) is 3.36. The Bertz CT molecular complexity index is 581. The molecule has 0 saturated carbocycles. The van der Waals surface area contributed by atoms with Crippen LogP contribution in [-0.2, 0) is 0 Å². The fourth-order valence-corrected chi connectivity index (χ4v) is 2.63. The number of carbonyl (C=O) groups is 1. The van der Waals surface area contributed by atoms with Gasteiger partial charge in [0.15, 0.2) is 0 Å². The van der Waals surface area contributed by atoms with E-state index in [4.69, 9.17) is 0 Å².